The van der Waals surface area contributed by atoms with Gasteiger partial charge in [-0.3, -0.25) is 4.79 Å². The number of alkyl halides is 2. The molecule has 184 valence electrons. The van der Waals surface area contributed by atoms with Crippen molar-refractivity contribution >= 4 is 52.8 Å². The highest BCUT2D eigenvalue weighted by Gasteiger charge is 2.20. The highest BCUT2D eigenvalue weighted by Crippen LogP contribution is 2.13. The van der Waals surface area contributed by atoms with Crippen LogP contribution >= 0.6 is 35.0 Å². The normalized spacial score (nSPS) is 11.2. The van der Waals surface area contributed by atoms with Crippen molar-refractivity contribution in [2.45, 2.75) is 90.5 Å². The molecule has 0 aliphatic heterocycles. The van der Waals surface area contributed by atoms with E-state index in [1.165, 1.54) is 57.8 Å². The SMILES string of the molecule is CCCCCCCCCCCCSCC(NC(=O)OCCC)C(=O)O.O=C(CCl)CCl. The molecule has 31 heavy (non-hydrogen) atoms. The Bertz CT molecular complexity index is 450. The topological polar surface area (TPSA) is 92.7 Å². The number of ketones is 1. The van der Waals surface area contributed by atoms with E-state index in [9.17, 15) is 14.4 Å². The monoisotopic (exact) mass is 501 g/mol. The summed E-state index contributed by atoms with van der Waals surface area (Å²) in [6.45, 7) is 4.44. The number of nitrogens with one attached hydrogen (secondary N) is 1. The van der Waals surface area contributed by atoms with Crippen LogP contribution in [0.4, 0.5) is 4.79 Å². The molecule has 0 rings (SSSR count). The fraction of sp³-hybridized carbons (Fsp3) is 0.864. The number of hydrogen-bond acceptors (Lipinski definition) is 5. The number of aliphatic carboxylic acids is 1. The zero-order valence-electron chi connectivity index (χ0n) is 19.1. The summed E-state index contributed by atoms with van der Waals surface area (Å²) >= 11 is 11.6. The van der Waals surface area contributed by atoms with E-state index < -0.39 is 18.1 Å². The van der Waals surface area contributed by atoms with E-state index in [1.54, 1.807) is 11.8 Å². The number of alkyl carbamates (subject to hydrolysis) is 1. The van der Waals surface area contributed by atoms with Crippen LogP contribution in [0.15, 0.2) is 0 Å². The Morgan fingerprint density at radius 1 is 0.871 bits per heavy atom. The van der Waals surface area contributed by atoms with Gasteiger partial charge in [0.2, 0.25) is 0 Å². The summed E-state index contributed by atoms with van der Waals surface area (Å²) in [6, 6.07) is -0.877. The third-order valence-corrected chi connectivity index (χ3v) is 5.99. The Kier molecular flexibility index (Phi) is 26.9. The van der Waals surface area contributed by atoms with Crippen LogP contribution in [0.25, 0.3) is 0 Å². The molecule has 0 bridgehead atoms. The molecule has 0 aromatic carbocycles. The maximum Gasteiger partial charge on any atom is 0.407 e. The van der Waals surface area contributed by atoms with Gasteiger partial charge in [0.05, 0.1) is 18.4 Å². The number of carbonyl (C=O) groups is 3. The number of carboxylic acid groups (broad SMARTS) is 1. The molecule has 0 radical (unpaired) electrons. The molecule has 0 fully saturated rings. The van der Waals surface area contributed by atoms with E-state index in [1.807, 2.05) is 6.92 Å². The molecule has 0 heterocycles. The molecule has 0 aliphatic carbocycles. The van der Waals surface area contributed by atoms with Crippen LogP contribution in [0.2, 0.25) is 0 Å². The Morgan fingerprint density at radius 3 is 1.81 bits per heavy atom. The van der Waals surface area contributed by atoms with Crippen LogP contribution in [0.3, 0.4) is 0 Å². The minimum atomic E-state index is -1.01. The number of carbonyl (C=O) groups excluding carboxylic acids is 2. The third-order valence-electron chi connectivity index (χ3n) is 4.25. The summed E-state index contributed by atoms with van der Waals surface area (Å²) in [5.41, 5.74) is 0. The van der Waals surface area contributed by atoms with E-state index in [0.717, 1.165) is 18.6 Å². The Balaban J connectivity index is 0. The van der Waals surface area contributed by atoms with Crippen molar-refractivity contribution in [2.24, 2.45) is 0 Å². The standard InChI is InChI=1S/C19H37NO4S.C3H4Cl2O/c1-3-5-6-7-8-9-10-11-12-13-15-25-16-17(18(21)22)20-19(23)24-14-4-2;4-1-3(6)2-5/h17H,3-16H2,1-2H3,(H,20,23)(H,21,22);1-2H2. The lowest BCUT2D eigenvalue weighted by Crippen LogP contribution is -2.43. The van der Waals surface area contributed by atoms with E-state index in [0.29, 0.717) is 12.4 Å². The molecule has 0 saturated heterocycles. The first-order valence-electron chi connectivity index (χ1n) is 11.3. The summed E-state index contributed by atoms with van der Waals surface area (Å²) in [7, 11) is 0. The van der Waals surface area contributed by atoms with Crippen molar-refractivity contribution < 1.29 is 24.2 Å². The van der Waals surface area contributed by atoms with Gasteiger partial charge in [-0.05, 0) is 18.6 Å². The molecule has 2 N–H and O–H groups in total. The number of thioether (sulfide) groups is 1. The first-order chi connectivity index (χ1) is 14.9. The fourth-order valence-corrected chi connectivity index (χ4v) is 3.80. The zero-order chi connectivity index (χ0) is 23.7. The van der Waals surface area contributed by atoms with Crippen LogP contribution in [0.5, 0.6) is 0 Å². The van der Waals surface area contributed by atoms with Gasteiger partial charge < -0.3 is 15.2 Å². The summed E-state index contributed by atoms with van der Waals surface area (Å²) in [6.07, 6.45) is 13.0. The van der Waals surface area contributed by atoms with Crippen LogP contribution in [-0.4, -0.2) is 58.9 Å². The Labute approximate surface area is 202 Å². The van der Waals surface area contributed by atoms with Crippen molar-refractivity contribution in [1.29, 1.82) is 0 Å². The maximum atomic E-state index is 11.4. The van der Waals surface area contributed by atoms with Crippen molar-refractivity contribution in [2.75, 3.05) is 29.9 Å². The number of Topliss-reactive ketones (excluding diaryl/α,β-unsaturated/α-hetero) is 1. The molecule has 1 amide bonds. The van der Waals surface area contributed by atoms with Crippen LogP contribution in [0, 0.1) is 0 Å². The third kappa shape index (κ3) is 25.5. The second-order valence-electron chi connectivity index (χ2n) is 7.23. The van der Waals surface area contributed by atoms with Gasteiger partial charge in [0.25, 0.3) is 0 Å². The number of halogens is 2. The molecule has 0 aromatic heterocycles. The molecule has 6 nitrogen and oxygen atoms in total. The summed E-state index contributed by atoms with van der Waals surface area (Å²) in [4.78, 5) is 32.5. The van der Waals surface area contributed by atoms with Crippen molar-refractivity contribution in [3.05, 3.63) is 0 Å². The van der Waals surface area contributed by atoms with Gasteiger partial charge in [-0.15, -0.1) is 23.2 Å². The van der Waals surface area contributed by atoms with Crippen LogP contribution < -0.4 is 5.32 Å². The second-order valence-corrected chi connectivity index (χ2v) is 8.92. The van der Waals surface area contributed by atoms with Gasteiger partial charge in [-0.2, -0.15) is 11.8 Å². The largest absolute Gasteiger partial charge is 0.480 e. The average molecular weight is 503 g/mol. The van der Waals surface area contributed by atoms with Gasteiger partial charge in [0, 0.05) is 5.75 Å². The van der Waals surface area contributed by atoms with Gasteiger partial charge in [-0.1, -0.05) is 71.6 Å². The molecule has 0 aromatic rings. The van der Waals surface area contributed by atoms with Crippen LogP contribution in [0.1, 0.15) is 84.5 Å². The molecular weight excluding hydrogens is 461 g/mol. The molecule has 9 heteroatoms. The lowest BCUT2D eigenvalue weighted by molar-refractivity contribution is -0.138. The number of rotatable bonds is 19. The highest BCUT2D eigenvalue weighted by molar-refractivity contribution is 7.99. The zero-order valence-corrected chi connectivity index (χ0v) is 21.5. The number of amides is 1. The minimum absolute atomic E-state index is 0.0312. The van der Waals surface area contributed by atoms with Crippen molar-refractivity contribution in [3.8, 4) is 0 Å². The minimum Gasteiger partial charge on any atom is -0.480 e. The lowest BCUT2D eigenvalue weighted by Gasteiger charge is -2.14. The molecular formula is C22H41Cl2NO5S. The highest BCUT2D eigenvalue weighted by atomic mass is 35.5. The Morgan fingerprint density at radius 2 is 1.39 bits per heavy atom. The van der Waals surface area contributed by atoms with E-state index in [4.69, 9.17) is 33.0 Å². The lowest BCUT2D eigenvalue weighted by atomic mass is 10.1. The second kappa shape index (κ2) is 25.6. The molecule has 0 aliphatic rings. The predicted molar refractivity (Wildman–Crippen MR) is 132 cm³/mol. The van der Waals surface area contributed by atoms with Crippen LogP contribution in [-0.2, 0) is 14.3 Å². The average Bonchev–Trinajstić information content (AvgIpc) is 2.77. The number of ether oxygens (including phenoxy) is 1. The van der Waals surface area contributed by atoms with Crippen molar-refractivity contribution in [1.82, 2.24) is 5.32 Å². The number of carboxylic acids is 1. The first kappa shape index (κ1) is 32.5. The smallest absolute Gasteiger partial charge is 0.407 e. The molecule has 0 spiro atoms. The predicted octanol–water partition coefficient (Wildman–Crippen LogP) is 6.26. The summed E-state index contributed by atoms with van der Waals surface area (Å²) < 4.78 is 4.86. The van der Waals surface area contributed by atoms with Gasteiger partial charge in [0.15, 0.2) is 5.78 Å². The van der Waals surface area contributed by atoms with Gasteiger partial charge in [0.1, 0.15) is 6.04 Å². The van der Waals surface area contributed by atoms with E-state index in [-0.39, 0.29) is 17.5 Å². The van der Waals surface area contributed by atoms with E-state index in [2.05, 4.69) is 12.2 Å². The maximum absolute atomic E-state index is 11.4. The fourth-order valence-electron chi connectivity index (χ4n) is 2.48. The van der Waals surface area contributed by atoms with Gasteiger partial charge in [-0.25, -0.2) is 9.59 Å². The summed E-state index contributed by atoms with van der Waals surface area (Å²) in [5.74, 6) is 0.245. The number of hydrogen-bond donors (Lipinski definition) is 2. The summed E-state index contributed by atoms with van der Waals surface area (Å²) in [5, 5.41) is 11.6. The number of unbranched alkanes of at least 4 members (excludes halogenated alkanes) is 9. The van der Waals surface area contributed by atoms with Gasteiger partial charge >= 0.3 is 12.1 Å². The Hall–Kier alpha value is -0.660. The van der Waals surface area contributed by atoms with Crippen molar-refractivity contribution in [3.63, 3.8) is 0 Å². The first-order valence-corrected chi connectivity index (χ1v) is 13.5. The molecule has 1 unspecified atom stereocenters. The molecule has 1 atom stereocenters. The van der Waals surface area contributed by atoms with E-state index >= 15 is 0 Å². The quantitative estimate of drug-likeness (QED) is 0.160. The molecule has 0 saturated carbocycles.